The van der Waals surface area contributed by atoms with Gasteiger partial charge in [-0.15, -0.1) is 11.3 Å². The first kappa shape index (κ1) is 15.2. The smallest absolute Gasteiger partial charge is 0.265 e. The lowest BCUT2D eigenvalue weighted by Crippen LogP contribution is -2.11. The van der Waals surface area contributed by atoms with E-state index in [2.05, 4.69) is 17.2 Å². The molecule has 1 amide bonds. The number of thiophene rings is 1. The lowest BCUT2D eigenvalue weighted by molar-refractivity contribution is 0.103. The molecule has 0 radical (unpaired) electrons. The molecule has 3 N–H and O–H groups in total. The van der Waals surface area contributed by atoms with Gasteiger partial charge in [0.15, 0.2) is 0 Å². The summed E-state index contributed by atoms with van der Waals surface area (Å²) in [6.45, 7) is 3.80. The van der Waals surface area contributed by atoms with Gasteiger partial charge >= 0.3 is 0 Å². The van der Waals surface area contributed by atoms with Crippen molar-refractivity contribution in [3.05, 3.63) is 51.0 Å². The molecule has 0 aliphatic carbocycles. The van der Waals surface area contributed by atoms with Crippen molar-refractivity contribution >= 4 is 22.9 Å². The Morgan fingerprint density at radius 3 is 2.90 bits per heavy atom. The molecular formula is C16H15FN2OS. The van der Waals surface area contributed by atoms with Crippen LogP contribution in [0.2, 0.25) is 0 Å². The SMILES string of the molecule is Cc1cc(C(=O)Nc2cccc(F)c2C)sc1C#CCN. The molecule has 0 unspecified atom stereocenters. The monoisotopic (exact) mass is 302 g/mol. The molecule has 0 fully saturated rings. The Kier molecular flexibility index (Phi) is 4.73. The van der Waals surface area contributed by atoms with E-state index >= 15 is 0 Å². The van der Waals surface area contributed by atoms with Gasteiger partial charge in [-0.05, 0) is 37.6 Å². The maximum absolute atomic E-state index is 13.5. The topological polar surface area (TPSA) is 55.1 Å². The van der Waals surface area contributed by atoms with Gasteiger partial charge in [-0.3, -0.25) is 4.79 Å². The lowest BCUT2D eigenvalue weighted by Gasteiger charge is -2.07. The number of amides is 1. The summed E-state index contributed by atoms with van der Waals surface area (Å²) >= 11 is 1.30. The molecule has 0 bridgehead atoms. The number of rotatable bonds is 2. The van der Waals surface area contributed by atoms with Crippen LogP contribution < -0.4 is 11.1 Å². The molecule has 1 heterocycles. The van der Waals surface area contributed by atoms with Crippen LogP contribution in [0.4, 0.5) is 10.1 Å². The van der Waals surface area contributed by atoms with E-state index in [1.165, 1.54) is 17.4 Å². The Balaban J connectivity index is 2.23. The van der Waals surface area contributed by atoms with Crippen molar-refractivity contribution in [1.82, 2.24) is 0 Å². The first-order valence-electron chi connectivity index (χ1n) is 6.38. The number of carbonyl (C=O) groups is 1. The third kappa shape index (κ3) is 3.48. The maximum Gasteiger partial charge on any atom is 0.265 e. The molecule has 0 atom stereocenters. The molecule has 1 aromatic carbocycles. The van der Waals surface area contributed by atoms with E-state index in [4.69, 9.17) is 5.73 Å². The van der Waals surface area contributed by atoms with Crippen LogP contribution in [0.25, 0.3) is 0 Å². The molecule has 1 aromatic heterocycles. The summed E-state index contributed by atoms with van der Waals surface area (Å²) in [6.07, 6.45) is 0. The lowest BCUT2D eigenvalue weighted by atomic mass is 10.2. The predicted octanol–water partition coefficient (Wildman–Crippen LogP) is 3.07. The number of carbonyl (C=O) groups excluding carboxylic acids is 1. The van der Waals surface area contributed by atoms with Gasteiger partial charge in [0.1, 0.15) is 5.82 Å². The van der Waals surface area contributed by atoms with Crippen LogP contribution in [0, 0.1) is 31.5 Å². The van der Waals surface area contributed by atoms with Crippen molar-refractivity contribution in [2.75, 3.05) is 11.9 Å². The van der Waals surface area contributed by atoms with E-state index in [9.17, 15) is 9.18 Å². The van der Waals surface area contributed by atoms with Gasteiger partial charge in [0.25, 0.3) is 5.91 Å². The first-order valence-corrected chi connectivity index (χ1v) is 7.20. The van der Waals surface area contributed by atoms with Crippen LogP contribution in [0.3, 0.4) is 0 Å². The van der Waals surface area contributed by atoms with Crippen molar-refractivity contribution in [3.63, 3.8) is 0 Å². The molecule has 2 rings (SSSR count). The van der Waals surface area contributed by atoms with Crippen molar-refractivity contribution in [2.45, 2.75) is 13.8 Å². The third-order valence-corrected chi connectivity index (χ3v) is 4.11. The normalized spacial score (nSPS) is 9.90. The molecular weight excluding hydrogens is 287 g/mol. The Bertz CT molecular complexity index is 740. The fourth-order valence-electron chi connectivity index (χ4n) is 1.78. The highest BCUT2D eigenvalue weighted by Crippen LogP contribution is 2.23. The molecule has 108 valence electrons. The standard InChI is InChI=1S/C16H15FN2OS/c1-10-9-15(21-14(10)7-4-8-18)16(20)19-13-6-3-5-12(17)11(13)2/h3,5-6,9H,8,18H2,1-2H3,(H,19,20). The molecule has 21 heavy (non-hydrogen) atoms. The van der Waals surface area contributed by atoms with E-state index in [0.29, 0.717) is 16.1 Å². The zero-order valence-corrected chi connectivity index (χ0v) is 12.6. The summed E-state index contributed by atoms with van der Waals surface area (Å²) in [6, 6.07) is 6.37. The second-order valence-electron chi connectivity index (χ2n) is 4.50. The molecule has 0 saturated heterocycles. The second kappa shape index (κ2) is 6.53. The Labute approximate surface area is 127 Å². The molecule has 2 aromatic rings. The van der Waals surface area contributed by atoms with Crippen molar-refractivity contribution in [2.24, 2.45) is 5.73 Å². The highest BCUT2D eigenvalue weighted by molar-refractivity contribution is 7.14. The Hall–Kier alpha value is -2.16. The average Bonchev–Trinajstić information content (AvgIpc) is 2.83. The fraction of sp³-hybridized carbons (Fsp3) is 0.188. The van der Waals surface area contributed by atoms with Gasteiger partial charge in [0.05, 0.1) is 16.3 Å². The summed E-state index contributed by atoms with van der Waals surface area (Å²) < 4.78 is 13.5. The van der Waals surface area contributed by atoms with E-state index in [-0.39, 0.29) is 18.3 Å². The number of benzene rings is 1. The number of hydrogen-bond acceptors (Lipinski definition) is 3. The number of nitrogens with two attached hydrogens (primary N) is 1. The molecule has 5 heteroatoms. The van der Waals surface area contributed by atoms with Crippen LogP contribution in [0.1, 0.15) is 25.7 Å². The molecule has 0 aliphatic rings. The largest absolute Gasteiger partial charge is 0.321 e. The van der Waals surface area contributed by atoms with E-state index in [0.717, 1.165) is 10.4 Å². The van der Waals surface area contributed by atoms with Gasteiger partial charge < -0.3 is 11.1 Å². The number of hydrogen-bond donors (Lipinski definition) is 2. The van der Waals surface area contributed by atoms with Gasteiger partial charge in [-0.25, -0.2) is 4.39 Å². The number of anilines is 1. The minimum atomic E-state index is -0.343. The number of nitrogens with one attached hydrogen (secondary N) is 1. The molecule has 0 aliphatic heterocycles. The second-order valence-corrected chi connectivity index (χ2v) is 5.55. The van der Waals surface area contributed by atoms with Crippen LogP contribution in [-0.2, 0) is 0 Å². The fourth-order valence-corrected chi connectivity index (χ4v) is 2.72. The zero-order valence-electron chi connectivity index (χ0n) is 11.8. The van der Waals surface area contributed by atoms with Gasteiger partial charge in [-0.1, -0.05) is 17.9 Å². The third-order valence-electron chi connectivity index (χ3n) is 2.96. The van der Waals surface area contributed by atoms with Crippen molar-refractivity contribution in [3.8, 4) is 11.8 Å². The van der Waals surface area contributed by atoms with E-state index < -0.39 is 0 Å². The van der Waals surface area contributed by atoms with Crippen LogP contribution in [0.15, 0.2) is 24.3 Å². The summed E-state index contributed by atoms with van der Waals surface area (Å²) in [5.41, 5.74) is 7.17. The highest BCUT2D eigenvalue weighted by atomic mass is 32.1. The molecule has 0 saturated carbocycles. The van der Waals surface area contributed by atoms with Gasteiger partial charge in [-0.2, -0.15) is 0 Å². The number of halogens is 1. The quantitative estimate of drug-likeness (QED) is 0.838. The van der Waals surface area contributed by atoms with E-state index in [1.54, 1.807) is 25.1 Å². The number of aryl methyl sites for hydroxylation is 1. The minimum absolute atomic E-state index is 0.266. The first-order chi connectivity index (χ1) is 10.0. The van der Waals surface area contributed by atoms with Crippen LogP contribution >= 0.6 is 11.3 Å². The average molecular weight is 302 g/mol. The maximum atomic E-state index is 13.5. The summed E-state index contributed by atoms with van der Waals surface area (Å²) in [5, 5.41) is 2.72. The Morgan fingerprint density at radius 1 is 1.43 bits per heavy atom. The van der Waals surface area contributed by atoms with E-state index in [1.807, 2.05) is 6.92 Å². The summed E-state index contributed by atoms with van der Waals surface area (Å²) in [5.74, 6) is 5.10. The van der Waals surface area contributed by atoms with Crippen LogP contribution in [-0.4, -0.2) is 12.5 Å². The zero-order chi connectivity index (χ0) is 15.4. The highest BCUT2D eigenvalue weighted by Gasteiger charge is 2.13. The Morgan fingerprint density at radius 2 is 2.19 bits per heavy atom. The minimum Gasteiger partial charge on any atom is -0.321 e. The molecule has 3 nitrogen and oxygen atoms in total. The summed E-state index contributed by atoms with van der Waals surface area (Å²) in [4.78, 5) is 13.6. The molecule has 0 spiro atoms. The van der Waals surface area contributed by atoms with Gasteiger partial charge in [0, 0.05) is 11.3 Å². The predicted molar refractivity (Wildman–Crippen MR) is 84.1 cm³/mol. The van der Waals surface area contributed by atoms with Gasteiger partial charge in [0.2, 0.25) is 0 Å². The van der Waals surface area contributed by atoms with Crippen molar-refractivity contribution in [1.29, 1.82) is 0 Å². The summed E-state index contributed by atoms with van der Waals surface area (Å²) in [7, 11) is 0. The van der Waals surface area contributed by atoms with Crippen LogP contribution in [0.5, 0.6) is 0 Å². The van der Waals surface area contributed by atoms with Crippen molar-refractivity contribution < 1.29 is 9.18 Å².